The van der Waals surface area contributed by atoms with Crippen molar-refractivity contribution in [3.63, 3.8) is 0 Å². The van der Waals surface area contributed by atoms with Crippen molar-refractivity contribution in [3.8, 4) is 5.75 Å². The van der Waals surface area contributed by atoms with Gasteiger partial charge in [0.2, 0.25) is 0 Å². The third-order valence-corrected chi connectivity index (χ3v) is 4.93. The fourth-order valence-electron chi connectivity index (χ4n) is 3.35. The molecule has 3 rings (SSSR count). The Bertz CT molecular complexity index is 921. The molecule has 0 saturated heterocycles. The van der Waals surface area contributed by atoms with Crippen LogP contribution in [0.1, 0.15) is 70.1 Å². The second-order valence-electron chi connectivity index (χ2n) is 6.93. The predicted molar refractivity (Wildman–Crippen MR) is 110 cm³/mol. The average molecular weight is 395 g/mol. The monoisotopic (exact) mass is 395 g/mol. The summed E-state index contributed by atoms with van der Waals surface area (Å²) in [4.78, 5) is 39.1. The van der Waals surface area contributed by atoms with Crippen LogP contribution in [0.25, 0.3) is 0 Å². The van der Waals surface area contributed by atoms with Crippen molar-refractivity contribution in [2.75, 3.05) is 18.6 Å². The normalized spacial score (nSPS) is 12.8. The fraction of sp³-hybridized carbons (Fsp3) is 0.348. The smallest absolute Gasteiger partial charge is 0.338 e. The van der Waals surface area contributed by atoms with E-state index in [2.05, 4.69) is 6.92 Å². The lowest BCUT2D eigenvalue weighted by atomic mass is 10.1. The number of esters is 1. The minimum Gasteiger partial charge on any atom is -0.495 e. The average Bonchev–Trinajstić information content (AvgIpc) is 3.00. The first kappa shape index (κ1) is 20.6. The van der Waals surface area contributed by atoms with Crippen LogP contribution in [-0.2, 0) is 4.74 Å². The summed E-state index contributed by atoms with van der Waals surface area (Å²) in [6.07, 6.45) is 5.30. The van der Waals surface area contributed by atoms with Gasteiger partial charge in [0.05, 0.1) is 36.1 Å². The van der Waals surface area contributed by atoms with E-state index in [0.29, 0.717) is 18.0 Å². The second-order valence-corrected chi connectivity index (χ2v) is 6.93. The Morgan fingerprint density at radius 2 is 1.66 bits per heavy atom. The van der Waals surface area contributed by atoms with Gasteiger partial charge in [-0.25, -0.2) is 9.69 Å². The number of hydrogen-bond donors (Lipinski definition) is 0. The van der Waals surface area contributed by atoms with Gasteiger partial charge in [0.15, 0.2) is 0 Å². The maximum atomic E-state index is 12.9. The Morgan fingerprint density at radius 3 is 2.41 bits per heavy atom. The number of ether oxygens (including phenoxy) is 2. The van der Waals surface area contributed by atoms with E-state index in [1.165, 1.54) is 31.7 Å². The van der Waals surface area contributed by atoms with E-state index in [1.807, 2.05) is 0 Å². The zero-order valence-corrected chi connectivity index (χ0v) is 16.8. The molecule has 0 spiro atoms. The summed E-state index contributed by atoms with van der Waals surface area (Å²) < 4.78 is 10.6. The number of benzene rings is 2. The Labute approximate surface area is 170 Å². The van der Waals surface area contributed by atoms with E-state index in [1.54, 1.807) is 24.3 Å². The topological polar surface area (TPSA) is 72.9 Å². The molecule has 0 N–H and O–H groups in total. The van der Waals surface area contributed by atoms with Gasteiger partial charge < -0.3 is 9.47 Å². The summed E-state index contributed by atoms with van der Waals surface area (Å²) in [5, 5.41) is 0. The van der Waals surface area contributed by atoms with E-state index in [9.17, 15) is 14.4 Å². The number of carbonyl (C=O) groups excluding carboxylic acids is 3. The van der Waals surface area contributed by atoms with Gasteiger partial charge in [0, 0.05) is 0 Å². The predicted octanol–water partition coefficient (Wildman–Crippen LogP) is 4.62. The minimum atomic E-state index is -0.487. The highest BCUT2D eigenvalue weighted by Gasteiger charge is 2.38. The highest BCUT2D eigenvalue weighted by atomic mass is 16.5. The first-order valence-electron chi connectivity index (χ1n) is 9.91. The van der Waals surface area contributed by atoms with E-state index in [0.717, 1.165) is 30.6 Å². The molecule has 1 heterocycles. The molecule has 2 aromatic carbocycles. The minimum absolute atomic E-state index is 0.193. The number of rotatable bonds is 9. The highest BCUT2D eigenvalue weighted by Crippen LogP contribution is 2.34. The van der Waals surface area contributed by atoms with Crippen molar-refractivity contribution in [3.05, 3.63) is 59.2 Å². The molecule has 0 saturated carbocycles. The van der Waals surface area contributed by atoms with Crippen molar-refractivity contribution in [1.82, 2.24) is 0 Å². The maximum absolute atomic E-state index is 12.9. The van der Waals surface area contributed by atoms with Crippen LogP contribution in [-0.4, -0.2) is 31.5 Å². The number of imide groups is 1. The summed E-state index contributed by atoms with van der Waals surface area (Å²) in [7, 11) is 1.48. The lowest BCUT2D eigenvalue weighted by molar-refractivity contribution is 0.0497. The molecule has 152 valence electrons. The van der Waals surface area contributed by atoms with Gasteiger partial charge in [-0.15, -0.1) is 0 Å². The summed E-state index contributed by atoms with van der Waals surface area (Å²) >= 11 is 0. The fourth-order valence-corrected chi connectivity index (χ4v) is 3.35. The van der Waals surface area contributed by atoms with E-state index >= 15 is 0 Å². The third-order valence-electron chi connectivity index (χ3n) is 4.93. The summed E-state index contributed by atoms with van der Waals surface area (Å²) in [5.41, 5.74) is 1.09. The molecule has 0 unspecified atom stereocenters. The van der Waals surface area contributed by atoms with Gasteiger partial charge in [0.25, 0.3) is 11.8 Å². The van der Waals surface area contributed by atoms with Crippen molar-refractivity contribution in [2.24, 2.45) is 0 Å². The molecule has 0 aromatic heterocycles. The van der Waals surface area contributed by atoms with Gasteiger partial charge in [-0.1, -0.05) is 44.7 Å². The lowest BCUT2D eigenvalue weighted by Crippen LogP contribution is -2.29. The van der Waals surface area contributed by atoms with Gasteiger partial charge in [-0.3, -0.25) is 9.59 Å². The number of nitrogens with zero attached hydrogens (tertiary/aromatic N) is 1. The van der Waals surface area contributed by atoms with Crippen LogP contribution in [0.5, 0.6) is 5.75 Å². The molecule has 0 atom stereocenters. The third kappa shape index (κ3) is 4.31. The largest absolute Gasteiger partial charge is 0.495 e. The molecular formula is C23H25NO5. The maximum Gasteiger partial charge on any atom is 0.338 e. The van der Waals surface area contributed by atoms with Gasteiger partial charge >= 0.3 is 5.97 Å². The van der Waals surface area contributed by atoms with Crippen LogP contribution >= 0.6 is 0 Å². The first-order chi connectivity index (χ1) is 14.1. The molecule has 0 radical (unpaired) electrons. The van der Waals surface area contributed by atoms with Crippen molar-refractivity contribution >= 4 is 23.5 Å². The van der Waals surface area contributed by atoms with Crippen molar-refractivity contribution < 1.29 is 23.9 Å². The van der Waals surface area contributed by atoms with Crippen LogP contribution < -0.4 is 9.64 Å². The van der Waals surface area contributed by atoms with Crippen LogP contribution in [0, 0.1) is 0 Å². The molecule has 0 bridgehead atoms. The van der Waals surface area contributed by atoms with Crippen LogP contribution in [0.4, 0.5) is 5.69 Å². The summed E-state index contributed by atoms with van der Waals surface area (Å²) in [6.45, 7) is 2.49. The number of anilines is 1. The second kappa shape index (κ2) is 9.37. The molecule has 1 aliphatic rings. The number of hydrogen-bond acceptors (Lipinski definition) is 5. The standard InChI is InChI=1S/C23H25NO5/c1-3-4-5-6-9-14-29-23(27)16-12-13-17-18(15-16)22(26)24(21(17)25)19-10-7-8-11-20(19)28-2/h7-8,10-13,15H,3-6,9,14H2,1-2H3. The van der Waals surface area contributed by atoms with Gasteiger partial charge in [0.1, 0.15) is 5.75 Å². The molecule has 6 heteroatoms. The molecule has 1 aliphatic heterocycles. The zero-order valence-electron chi connectivity index (χ0n) is 16.8. The number of para-hydroxylation sites is 2. The number of methoxy groups -OCH3 is 1. The Balaban J connectivity index is 1.73. The number of fused-ring (bicyclic) bond motifs is 1. The molecule has 0 aliphatic carbocycles. The lowest BCUT2D eigenvalue weighted by Gasteiger charge is -2.16. The number of unbranched alkanes of at least 4 members (excludes halogenated alkanes) is 4. The van der Waals surface area contributed by atoms with Crippen molar-refractivity contribution in [2.45, 2.75) is 39.0 Å². The van der Waals surface area contributed by atoms with Crippen LogP contribution in [0.15, 0.2) is 42.5 Å². The van der Waals surface area contributed by atoms with Crippen LogP contribution in [0.3, 0.4) is 0 Å². The highest BCUT2D eigenvalue weighted by molar-refractivity contribution is 6.35. The number of carbonyl (C=O) groups is 3. The van der Waals surface area contributed by atoms with Gasteiger partial charge in [-0.2, -0.15) is 0 Å². The van der Waals surface area contributed by atoms with E-state index < -0.39 is 17.8 Å². The van der Waals surface area contributed by atoms with Gasteiger partial charge in [-0.05, 0) is 36.8 Å². The number of amides is 2. The molecule has 2 aromatic rings. The Kier molecular flexibility index (Phi) is 6.65. The zero-order chi connectivity index (χ0) is 20.8. The molecular weight excluding hydrogens is 370 g/mol. The van der Waals surface area contributed by atoms with E-state index in [-0.39, 0.29) is 16.7 Å². The van der Waals surface area contributed by atoms with Crippen LogP contribution in [0.2, 0.25) is 0 Å². The SMILES string of the molecule is CCCCCCCOC(=O)c1ccc2c(c1)C(=O)N(c1ccccc1OC)C2=O. The first-order valence-corrected chi connectivity index (χ1v) is 9.91. The Morgan fingerprint density at radius 1 is 0.931 bits per heavy atom. The summed E-state index contributed by atoms with van der Waals surface area (Å²) in [6, 6.07) is 11.3. The molecule has 6 nitrogen and oxygen atoms in total. The van der Waals surface area contributed by atoms with Crippen molar-refractivity contribution in [1.29, 1.82) is 0 Å². The quantitative estimate of drug-likeness (QED) is 0.352. The van der Waals surface area contributed by atoms with E-state index in [4.69, 9.17) is 9.47 Å². The molecule has 2 amide bonds. The molecule has 0 fully saturated rings. The molecule has 29 heavy (non-hydrogen) atoms. The Hall–Kier alpha value is -3.15. The summed E-state index contributed by atoms with van der Waals surface area (Å²) in [5.74, 6) is -0.988.